The maximum atomic E-state index is 9.17. The fourth-order valence-electron chi connectivity index (χ4n) is 1.63. The third kappa shape index (κ3) is 2.35. The first-order valence-corrected chi connectivity index (χ1v) is 6.36. The van der Waals surface area contributed by atoms with Crippen LogP contribution in [0.2, 0.25) is 0 Å². The van der Waals surface area contributed by atoms with Gasteiger partial charge in [0, 0.05) is 5.56 Å². The average molecular weight is 274 g/mol. The summed E-state index contributed by atoms with van der Waals surface area (Å²) in [5, 5.41) is 9.62. The van der Waals surface area contributed by atoms with E-state index in [1.54, 1.807) is 13.2 Å². The zero-order valence-corrected chi connectivity index (χ0v) is 11.3. The van der Waals surface area contributed by atoms with Crippen molar-refractivity contribution in [1.82, 2.24) is 0 Å². The lowest BCUT2D eigenvalue weighted by atomic mass is 10.0. The molecule has 1 aromatic carbocycles. The molecule has 1 heterocycles. The van der Waals surface area contributed by atoms with Crippen LogP contribution in [0.5, 0.6) is 5.75 Å². The first kappa shape index (κ1) is 12.6. The van der Waals surface area contributed by atoms with Crippen molar-refractivity contribution in [3.05, 3.63) is 39.7 Å². The van der Waals surface area contributed by atoms with Gasteiger partial charge >= 0.3 is 0 Å². The second kappa shape index (κ2) is 5.17. The van der Waals surface area contributed by atoms with Gasteiger partial charge in [-0.3, -0.25) is 0 Å². The first-order valence-electron chi connectivity index (χ1n) is 5.14. The van der Waals surface area contributed by atoms with Gasteiger partial charge < -0.3 is 10.5 Å². The Balaban J connectivity index is 2.63. The summed E-state index contributed by atoms with van der Waals surface area (Å²) in [6, 6.07) is 11.4. The van der Waals surface area contributed by atoms with Crippen molar-refractivity contribution in [3.63, 3.8) is 0 Å². The van der Waals surface area contributed by atoms with Crippen LogP contribution < -0.4 is 10.5 Å². The third-order valence-corrected chi connectivity index (χ3v) is 3.61. The number of nitrogen functional groups attached to an aromatic ring is 1. The highest BCUT2D eigenvalue weighted by molar-refractivity contribution is 7.73. The summed E-state index contributed by atoms with van der Waals surface area (Å²) in [6.07, 6.45) is 0. The van der Waals surface area contributed by atoms with E-state index in [0.717, 1.165) is 16.9 Å². The summed E-state index contributed by atoms with van der Waals surface area (Å²) in [7, 11) is 1.61. The number of nitrogens with zero attached hydrogens (tertiary/aromatic N) is 1. The van der Waals surface area contributed by atoms with Crippen molar-refractivity contribution < 1.29 is 4.74 Å². The van der Waals surface area contributed by atoms with Gasteiger partial charge in [0.05, 0.1) is 16.5 Å². The second-order valence-electron chi connectivity index (χ2n) is 3.56. The maximum absolute atomic E-state index is 9.17. The number of anilines is 1. The molecule has 0 atom stereocenters. The highest BCUT2D eigenvalue weighted by Crippen LogP contribution is 2.31. The van der Waals surface area contributed by atoms with Gasteiger partial charge in [-0.15, -0.1) is 11.3 Å². The molecule has 0 spiro atoms. The van der Waals surface area contributed by atoms with E-state index in [1.807, 2.05) is 24.3 Å². The zero-order valence-electron chi connectivity index (χ0n) is 9.64. The van der Waals surface area contributed by atoms with Crippen molar-refractivity contribution in [2.45, 2.75) is 0 Å². The van der Waals surface area contributed by atoms with Crippen LogP contribution in [0, 0.1) is 15.2 Å². The van der Waals surface area contributed by atoms with Crippen molar-refractivity contribution in [2.24, 2.45) is 0 Å². The topological polar surface area (TPSA) is 59.0 Å². The minimum Gasteiger partial charge on any atom is -0.497 e. The van der Waals surface area contributed by atoms with Crippen molar-refractivity contribution in [1.29, 1.82) is 5.26 Å². The molecule has 0 aliphatic heterocycles. The number of ether oxygens (including phenoxy) is 1. The van der Waals surface area contributed by atoms with Gasteiger partial charge in [0.15, 0.2) is 0 Å². The molecule has 2 rings (SSSR count). The molecule has 0 saturated carbocycles. The standard InChI is InChI=1S/C13H10N2OS2/c1-16-9-4-2-8(3-5-9)10-6-12(17)18-13(15)11(10)7-14/h2-6H,15H2,1H3. The van der Waals surface area contributed by atoms with E-state index >= 15 is 0 Å². The van der Waals surface area contributed by atoms with E-state index < -0.39 is 0 Å². The number of nitrogens with two attached hydrogens (primary N) is 1. The van der Waals surface area contributed by atoms with Gasteiger partial charge in [-0.2, -0.15) is 5.26 Å². The van der Waals surface area contributed by atoms with Crippen LogP contribution in [0.15, 0.2) is 30.3 Å². The molecule has 0 amide bonds. The van der Waals surface area contributed by atoms with E-state index in [2.05, 4.69) is 6.07 Å². The fourth-order valence-corrected chi connectivity index (χ4v) is 2.66. The summed E-state index contributed by atoms with van der Waals surface area (Å²) < 4.78 is 5.77. The number of hydrogen-bond donors (Lipinski definition) is 1. The van der Waals surface area contributed by atoms with Crippen LogP contribution in [0.1, 0.15) is 5.56 Å². The summed E-state index contributed by atoms with van der Waals surface area (Å²) in [5.41, 5.74) is 7.97. The number of rotatable bonds is 2. The highest BCUT2D eigenvalue weighted by atomic mass is 32.1. The lowest BCUT2D eigenvalue weighted by Gasteiger charge is -2.07. The van der Waals surface area contributed by atoms with E-state index in [0.29, 0.717) is 14.4 Å². The molecule has 18 heavy (non-hydrogen) atoms. The van der Waals surface area contributed by atoms with Crippen LogP contribution in [0.25, 0.3) is 11.1 Å². The Morgan fingerprint density at radius 2 is 2.00 bits per heavy atom. The fraction of sp³-hybridized carbons (Fsp3) is 0.0769. The van der Waals surface area contributed by atoms with Crippen LogP contribution in [0.4, 0.5) is 5.00 Å². The van der Waals surface area contributed by atoms with Gasteiger partial charge in [-0.25, -0.2) is 0 Å². The lowest BCUT2D eigenvalue weighted by molar-refractivity contribution is 0.415. The molecule has 0 aliphatic carbocycles. The van der Waals surface area contributed by atoms with Gasteiger partial charge in [0.1, 0.15) is 16.8 Å². The Morgan fingerprint density at radius 1 is 1.33 bits per heavy atom. The Bertz CT molecular complexity index is 669. The predicted octanol–water partition coefficient (Wildman–Crippen LogP) is 3.61. The monoisotopic (exact) mass is 274 g/mol. The molecule has 2 N–H and O–H groups in total. The van der Waals surface area contributed by atoms with Crippen molar-refractivity contribution >= 4 is 28.6 Å². The van der Waals surface area contributed by atoms with Crippen LogP contribution >= 0.6 is 23.6 Å². The maximum Gasteiger partial charge on any atom is 0.118 e. The lowest BCUT2D eigenvalue weighted by Crippen LogP contribution is -1.92. The van der Waals surface area contributed by atoms with E-state index in [-0.39, 0.29) is 0 Å². The van der Waals surface area contributed by atoms with Crippen LogP contribution in [-0.4, -0.2) is 7.11 Å². The Kier molecular flexibility index (Phi) is 3.60. The summed E-state index contributed by atoms with van der Waals surface area (Å²) in [4.78, 5) is 0. The molecule has 0 unspecified atom stereocenters. The van der Waals surface area contributed by atoms with Gasteiger partial charge in [-0.1, -0.05) is 24.4 Å². The molecule has 0 bridgehead atoms. The molecule has 3 nitrogen and oxygen atoms in total. The Labute approximate surface area is 114 Å². The Hall–Kier alpha value is -1.90. The van der Waals surface area contributed by atoms with E-state index in [9.17, 15) is 5.26 Å². The summed E-state index contributed by atoms with van der Waals surface area (Å²) in [5.74, 6) is 0.766. The molecular weight excluding hydrogens is 264 g/mol. The smallest absolute Gasteiger partial charge is 0.118 e. The minimum absolute atomic E-state index is 0.454. The quantitative estimate of drug-likeness (QED) is 0.850. The second-order valence-corrected chi connectivity index (χ2v) is 5.34. The number of benzene rings is 1. The molecule has 0 aliphatic rings. The van der Waals surface area contributed by atoms with E-state index in [1.165, 1.54) is 11.3 Å². The SMILES string of the molecule is COc1ccc(-c2cc(=S)sc(N)c2C#N)cc1. The third-order valence-electron chi connectivity index (χ3n) is 2.50. The van der Waals surface area contributed by atoms with Gasteiger partial charge in [0.2, 0.25) is 0 Å². The predicted molar refractivity (Wildman–Crippen MR) is 76.3 cm³/mol. The molecule has 0 radical (unpaired) electrons. The number of hydrogen-bond acceptors (Lipinski definition) is 5. The summed E-state index contributed by atoms with van der Waals surface area (Å²) in [6.45, 7) is 0. The van der Waals surface area contributed by atoms with Crippen molar-refractivity contribution in [3.8, 4) is 22.9 Å². The number of nitriles is 1. The van der Waals surface area contributed by atoms with Crippen LogP contribution in [0.3, 0.4) is 0 Å². The first-order chi connectivity index (χ1) is 8.65. The molecule has 2 aromatic rings. The molecule has 1 aromatic heterocycles. The zero-order chi connectivity index (χ0) is 13.1. The Morgan fingerprint density at radius 3 is 2.56 bits per heavy atom. The molecule has 90 valence electrons. The van der Waals surface area contributed by atoms with Gasteiger partial charge in [-0.05, 0) is 23.8 Å². The minimum atomic E-state index is 0.454. The largest absolute Gasteiger partial charge is 0.497 e. The molecule has 0 saturated heterocycles. The molecular formula is C13H10N2OS2. The van der Waals surface area contributed by atoms with Crippen LogP contribution in [-0.2, 0) is 0 Å². The number of methoxy groups -OCH3 is 1. The van der Waals surface area contributed by atoms with E-state index in [4.69, 9.17) is 22.7 Å². The van der Waals surface area contributed by atoms with Gasteiger partial charge in [0.25, 0.3) is 0 Å². The normalized spacial score (nSPS) is 9.78. The average Bonchev–Trinajstić information content (AvgIpc) is 2.38. The van der Waals surface area contributed by atoms with Crippen molar-refractivity contribution in [2.75, 3.05) is 12.8 Å². The molecule has 5 heteroatoms. The molecule has 0 fully saturated rings. The summed E-state index contributed by atoms with van der Waals surface area (Å²) >= 11 is 6.39. The highest BCUT2D eigenvalue weighted by Gasteiger charge is 2.09.